The average Bonchev–Trinajstić information content (AvgIpc) is 3.25. The standard InChI is InChI=1S/C34H39N3O4S/c1-5-25(21-38)37-29-32(41)36(26-19-22(2)13-14-23(26)3)18-10-16-34(29)28(31(37)40)27-30(39)35(17-9-15-33(27,4)42-34)20-24-11-7-6-8-12-24/h6-16,19,25,27-29,38H,5,17-18,20-21H2,1-4H3/t25-,27-,28-,29?,33+,34-/m0/s1. The van der Waals surface area contributed by atoms with Gasteiger partial charge in [-0.1, -0.05) is 73.7 Å². The van der Waals surface area contributed by atoms with Gasteiger partial charge in [-0.2, -0.15) is 0 Å². The summed E-state index contributed by atoms with van der Waals surface area (Å²) in [5.41, 5.74) is 3.87. The monoisotopic (exact) mass is 585 g/mol. The molecule has 6 atom stereocenters. The first-order valence-corrected chi connectivity index (χ1v) is 15.7. The number of fused-ring (bicyclic) bond motifs is 2. The van der Waals surface area contributed by atoms with E-state index in [1.807, 2.05) is 99.4 Å². The van der Waals surface area contributed by atoms with Crippen LogP contribution in [-0.2, 0) is 20.9 Å². The summed E-state index contributed by atoms with van der Waals surface area (Å²) in [5, 5.41) is 10.4. The molecular weight excluding hydrogens is 546 g/mol. The maximum atomic E-state index is 14.8. The zero-order valence-electron chi connectivity index (χ0n) is 24.7. The van der Waals surface area contributed by atoms with Crippen molar-refractivity contribution in [2.75, 3.05) is 24.6 Å². The number of hydrogen-bond donors (Lipinski definition) is 1. The smallest absolute Gasteiger partial charge is 0.251 e. The molecule has 1 N–H and O–H groups in total. The quantitative estimate of drug-likeness (QED) is 0.513. The van der Waals surface area contributed by atoms with E-state index in [1.54, 1.807) is 21.6 Å². The molecule has 2 aromatic carbocycles. The third-order valence-corrected chi connectivity index (χ3v) is 11.3. The minimum Gasteiger partial charge on any atom is -0.394 e. The highest BCUT2D eigenvalue weighted by Crippen LogP contribution is 2.66. The number of benzene rings is 2. The Kier molecular flexibility index (Phi) is 7.34. The van der Waals surface area contributed by atoms with E-state index in [4.69, 9.17) is 0 Å². The minimum absolute atomic E-state index is 0.0665. The lowest BCUT2D eigenvalue weighted by Crippen LogP contribution is -2.57. The number of aliphatic hydroxyl groups is 1. The number of aliphatic hydroxyl groups excluding tert-OH is 1. The van der Waals surface area contributed by atoms with Gasteiger partial charge < -0.3 is 19.8 Å². The van der Waals surface area contributed by atoms with Crippen molar-refractivity contribution < 1.29 is 19.5 Å². The van der Waals surface area contributed by atoms with Crippen LogP contribution < -0.4 is 4.90 Å². The van der Waals surface area contributed by atoms with E-state index < -0.39 is 33.4 Å². The maximum Gasteiger partial charge on any atom is 0.251 e. The Balaban J connectivity index is 1.47. The van der Waals surface area contributed by atoms with Crippen molar-refractivity contribution in [3.8, 4) is 0 Å². The zero-order chi connectivity index (χ0) is 29.8. The van der Waals surface area contributed by atoms with Gasteiger partial charge in [0.25, 0.3) is 5.91 Å². The molecule has 7 nitrogen and oxygen atoms in total. The Morgan fingerprint density at radius 3 is 2.40 bits per heavy atom. The van der Waals surface area contributed by atoms with Crippen molar-refractivity contribution in [1.29, 1.82) is 0 Å². The summed E-state index contributed by atoms with van der Waals surface area (Å²) in [6, 6.07) is 14.6. The van der Waals surface area contributed by atoms with Crippen molar-refractivity contribution in [2.24, 2.45) is 11.8 Å². The van der Waals surface area contributed by atoms with Crippen molar-refractivity contribution in [3.05, 3.63) is 89.5 Å². The molecule has 1 spiro atoms. The van der Waals surface area contributed by atoms with E-state index >= 15 is 0 Å². The van der Waals surface area contributed by atoms with Crippen LogP contribution in [-0.4, -0.2) is 73.9 Å². The number of thioether (sulfide) groups is 1. The Hall–Kier alpha value is -3.36. The lowest BCUT2D eigenvalue weighted by atomic mass is 9.74. The van der Waals surface area contributed by atoms with Crippen LogP contribution >= 0.6 is 11.8 Å². The van der Waals surface area contributed by atoms with Gasteiger partial charge in [-0.15, -0.1) is 11.8 Å². The van der Waals surface area contributed by atoms with Gasteiger partial charge >= 0.3 is 0 Å². The molecule has 4 heterocycles. The number of aryl methyl sites for hydroxylation is 2. The third-order valence-electron chi connectivity index (χ3n) is 9.53. The minimum atomic E-state index is -0.946. The normalized spacial score (nSPS) is 31.1. The van der Waals surface area contributed by atoms with Crippen molar-refractivity contribution in [3.63, 3.8) is 0 Å². The topological polar surface area (TPSA) is 81.2 Å². The summed E-state index contributed by atoms with van der Waals surface area (Å²) in [5.74, 6) is -1.83. The molecule has 0 aliphatic carbocycles. The third kappa shape index (κ3) is 4.33. The van der Waals surface area contributed by atoms with Crippen molar-refractivity contribution in [1.82, 2.24) is 9.80 Å². The van der Waals surface area contributed by atoms with Gasteiger partial charge in [0.2, 0.25) is 11.8 Å². The fourth-order valence-corrected chi connectivity index (χ4v) is 9.63. The summed E-state index contributed by atoms with van der Waals surface area (Å²) in [6.07, 6.45) is 8.67. The van der Waals surface area contributed by atoms with Crippen LogP contribution in [0.25, 0.3) is 0 Å². The van der Waals surface area contributed by atoms with Crippen LogP contribution in [0.2, 0.25) is 0 Å². The van der Waals surface area contributed by atoms with Gasteiger partial charge in [-0.05, 0) is 49.9 Å². The van der Waals surface area contributed by atoms with Crippen LogP contribution in [0.1, 0.15) is 37.0 Å². The second-order valence-electron chi connectivity index (χ2n) is 12.2. The molecule has 6 rings (SSSR count). The van der Waals surface area contributed by atoms with E-state index in [2.05, 4.69) is 6.08 Å². The highest BCUT2D eigenvalue weighted by molar-refractivity contribution is 8.02. The molecule has 0 saturated carbocycles. The first-order valence-electron chi connectivity index (χ1n) is 14.8. The molecule has 0 bridgehead atoms. The van der Waals surface area contributed by atoms with Crippen LogP contribution in [0.4, 0.5) is 5.69 Å². The number of carbonyl (C=O) groups is 3. The molecule has 2 saturated heterocycles. The Morgan fingerprint density at radius 2 is 1.69 bits per heavy atom. The number of carbonyl (C=O) groups excluding carboxylic acids is 3. The van der Waals surface area contributed by atoms with Crippen molar-refractivity contribution in [2.45, 2.75) is 62.2 Å². The second kappa shape index (κ2) is 10.7. The first-order chi connectivity index (χ1) is 20.1. The number of amides is 3. The molecule has 1 unspecified atom stereocenters. The number of anilines is 1. The highest BCUT2D eigenvalue weighted by Gasteiger charge is 2.74. The predicted octanol–water partition coefficient (Wildman–Crippen LogP) is 4.26. The molecule has 42 heavy (non-hydrogen) atoms. The fraction of sp³-hybridized carbons (Fsp3) is 0.441. The molecule has 0 aromatic heterocycles. The van der Waals surface area contributed by atoms with Gasteiger partial charge in [0.15, 0.2) is 0 Å². The Morgan fingerprint density at radius 1 is 0.952 bits per heavy atom. The van der Waals surface area contributed by atoms with Crippen LogP contribution in [0.15, 0.2) is 72.8 Å². The Bertz CT molecular complexity index is 1470. The van der Waals surface area contributed by atoms with E-state index in [9.17, 15) is 19.5 Å². The number of hydrogen-bond acceptors (Lipinski definition) is 5. The van der Waals surface area contributed by atoms with Gasteiger partial charge in [-0.3, -0.25) is 14.4 Å². The SMILES string of the molecule is CC[C@@H](CO)N1C(=O)[C@@H]2[C@H]3C(=O)N(Cc4ccccc4)CC=C[C@@]3(C)S[C@@]23C=CCN(c2cc(C)ccc2C)C(=O)C13. The molecule has 3 amide bonds. The lowest BCUT2D eigenvalue weighted by Gasteiger charge is -2.39. The van der Waals surface area contributed by atoms with Gasteiger partial charge in [0.1, 0.15) is 6.04 Å². The van der Waals surface area contributed by atoms with Crippen LogP contribution in [0, 0.1) is 25.7 Å². The summed E-state index contributed by atoms with van der Waals surface area (Å²) >= 11 is 1.58. The molecule has 4 aliphatic heterocycles. The van der Waals surface area contributed by atoms with Crippen molar-refractivity contribution >= 4 is 35.2 Å². The number of nitrogens with zero attached hydrogens (tertiary/aromatic N) is 3. The van der Waals surface area contributed by atoms with Gasteiger partial charge in [0.05, 0.1) is 29.2 Å². The first kappa shape index (κ1) is 28.7. The summed E-state index contributed by atoms with van der Waals surface area (Å²) in [7, 11) is 0. The molecule has 220 valence electrons. The summed E-state index contributed by atoms with van der Waals surface area (Å²) < 4.78 is -1.62. The van der Waals surface area contributed by atoms with Gasteiger partial charge in [-0.25, -0.2) is 0 Å². The largest absolute Gasteiger partial charge is 0.394 e. The molecule has 2 aromatic rings. The van der Waals surface area contributed by atoms with E-state index in [-0.39, 0.29) is 24.3 Å². The summed E-state index contributed by atoms with van der Waals surface area (Å²) in [6.45, 7) is 9.00. The Labute approximate surface area is 252 Å². The average molecular weight is 586 g/mol. The van der Waals surface area contributed by atoms with E-state index in [0.717, 1.165) is 22.4 Å². The van der Waals surface area contributed by atoms with Gasteiger partial charge in [0, 0.05) is 30.1 Å². The predicted molar refractivity (Wildman–Crippen MR) is 166 cm³/mol. The zero-order valence-corrected chi connectivity index (χ0v) is 25.5. The second-order valence-corrected chi connectivity index (χ2v) is 14.0. The van der Waals surface area contributed by atoms with Crippen LogP contribution in [0.3, 0.4) is 0 Å². The van der Waals surface area contributed by atoms with E-state index in [1.165, 1.54) is 0 Å². The molecule has 2 fully saturated rings. The lowest BCUT2D eigenvalue weighted by molar-refractivity contribution is -0.145. The highest BCUT2D eigenvalue weighted by atomic mass is 32.2. The molecule has 4 aliphatic rings. The number of rotatable bonds is 6. The maximum absolute atomic E-state index is 14.8. The van der Waals surface area contributed by atoms with Crippen LogP contribution in [0.5, 0.6) is 0 Å². The van der Waals surface area contributed by atoms with E-state index in [0.29, 0.717) is 26.1 Å². The number of likely N-dealkylation sites (tertiary alicyclic amines) is 1. The molecule has 8 heteroatoms. The molecular formula is C34H39N3O4S. The molecule has 0 radical (unpaired) electrons. The fourth-order valence-electron chi connectivity index (χ4n) is 7.49. The summed E-state index contributed by atoms with van der Waals surface area (Å²) in [4.78, 5) is 49.1.